The van der Waals surface area contributed by atoms with Gasteiger partial charge < -0.3 is 19.9 Å². The predicted octanol–water partition coefficient (Wildman–Crippen LogP) is 2.86. The van der Waals surface area contributed by atoms with Gasteiger partial charge in [-0.1, -0.05) is 12.1 Å². The van der Waals surface area contributed by atoms with E-state index in [1.807, 2.05) is 17.2 Å². The van der Waals surface area contributed by atoms with Gasteiger partial charge in [0.25, 0.3) is 17.7 Å². The number of methoxy groups -OCH3 is 1. The molecule has 2 aromatic heterocycles. The molecule has 2 N–H and O–H groups in total. The van der Waals surface area contributed by atoms with Gasteiger partial charge in [-0.2, -0.15) is 18.3 Å². The maximum Gasteiger partial charge on any atom is 0.433 e. The lowest BCUT2D eigenvalue weighted by atomic mass is 9.71. The van der Waals surface area contributed by atoms with Crippen molar-refractivity contribution in [2.24, 2.45) is 5.41 Å². The number of piperazine rings is 1. The van der Waals surface area contributed by atoms with E-state index in [1.54, 1.807) is 28.9 Å². The van der Waals surface area contributed by atoms with Crippen LogP contribution in [0.5, 0.6) is 5.75 Å². The van der Waals surface area contributed by atoms with E-state index in [-0.39, 0.29) is 41.1 Å². The molecule has 0 saturated carbocycles. The largest absolute Gasteiger partial charge is 0.494 e. The molecule has 330 valence electrons. The third-order valence-corrected chi connectivity index (χ3v) is 12.9. The Balaban J connectivity index is 0.724. The Hall–Kier alpha value is -6.41. The average Bonchev–Trinajstić information content (AvgIpc) is 3.78. The number of aromatic nitrogens is 3. The molecule has 1 atom stereocenters. The Morgan fingerprint density at radius 2 is 1.65 bits per heavy atom. The van der Waals surface area contributed by atoms with Crippen LogP contribution in [0.2, 0.25) is 0 Å². The number of piperidine rings is 2. The number of nitrogens with one attached hydrogen (secondary N) is 2. The first-order chi connectivity index (χ1) is 30.2. The minimum atomic E-state index is -4.69. The lowest BCUT2D eigenvalue weighted by Crippen LogP contribution is -2.61. The number of imide groups is 2. The molecule has 63 heavy (non-hydrogen) atoms. The second-order valence-electron chi connectivity index (χ2n) is 16.9. The molecule has 6 amide bonds. The third kappa shape index (κ3) is 8.19. The zero-order valence-corrected chi connectivity index (χ0v) is 34.4. The highest BCUT2D eigenvalue weighted by molar-refractivity contribution is 6.25. The molecule has 2 aromatic carbocycles. The number of rotatable bonds is 10. The van der Waals surface area contributed by atoms with E-state index in [0.717, 1.165) is 62.6 Å². The fraction of sp³-hybridized carbons (Fsp3) is 0.442. The molecule has 5 aliphatic heterocycles. The number of hydrogen-bond acceptors (Lipinski definition) is 12. The fourth-order valence-corrected chi connectivity index (χ4v) is 9.34. The molecule has 1 spiro atoms. The van der Waals surface area contributed by atoms with E-state index < -0.39 is 47.4 Å². The molecule has 4 saturated heterocycles. The van der Waals surface area contributed by atoms with Crippen LogP contribution in [0.25, 0.3) is 10.9 Å². The predicted molar refractivity (Wildman–Crippen MR) is 220 cm³/mol. The molecule has 1 unspecified atom stereocenters. The zero-order valence-electron chi connectivity index (χ0n) is 34.4. The lowest BCUT2D eigenvalue weighted by Gasteiger charge is -2.55. The summed E-state index contributed by atoms with van der Waals surface area (Å²) in [5.41, 5.74) is 0.571. The van der Waals surface area contributed by atoms with Crippen LogP contribution in [0.1, 0.15) is 62.6 Å². The van der Waals surface area contributed by atoms with Crippen molar-refractivity contribution in [1.82, 2.24) is 39.7 Å². The second kappa shape index (κ2) is 16.4. The molecular formula is C43H45F3N10O7. The minimum absolute atomic E-state index is 0.00184. The monoisotopic (exact) mass is 870 g/mol. The van der Waals surface area contributed by atoms with Crippen LogP contribution >= 0.6 is 0 Å². The Morgan fingerprint density at radius 3 is 2.37 bits per heavy atom. The smallest absolute Gasteiger partial charge is 0.433 e. The van der Waals surface area contributed by atoms with Gasteiger partial charge in [-0.15, -0.1) is 0 Å². The molecule has 5 aliphatic rings. The molecular weight excluding hydrogens is 826 g/mol. The van der Waals surface area contributed by atoms with Gasteiger partial charge in [-0.25, -0.2) is 4.98 Å². The van der Waals surface area contributed by atoms with Crippen molar-refractivity contribution in [1.29, 1.82) is 0 Å². The van der Waals surface area contributed by atoms with Crippen molar-refractivity contribution in [2.45, 2.75) is 44.4 Å². The maximum atomic E-state index is 13.6. The highest BCUT2D eigenvalue weighted by Gasteiger charge is 2.50. The number of ether oxygens (including phenoxy) is 1. The number of pyridine rings is 1. The molecule has 4 fully saturated rings. The van der Waals surface area contributed by atoms with E-state index in [4.69, 9.17) is 4.74 Å². The van der Waals surface area contributed by atoms with Gasteiger partial charge in [0, 0.05) is 88.4 Å². The summed E-state index contributed by atoms with van der Waals surface area (Å²) in [5.74, 6) is -2.51. The molecule has 4 aromatic rings. The lowest BCUT2D eigenvalue weighted by molar-refractivity contribution is -0.141. The SMILES string of the molecule is COc1cc2nn(CCN3CCN(CC(=O)N4CCC5(CC4)CN(c4cccc6c4C(=O)N(C4CCC(=O)NC4=O)C6=O)C5)CC3)cc2cc1NC(=O)c1cccc(C(F)(F)F)n1. The number of fused-ring (bicyclic) bond motifs is 2. The van der Waals surface area contributed by atoms with E-state index in [2.05, 4.69) is 35.4 Å². The molecule has 7 heterocycles. The van der Waals surface area contributed by atoms with E-state index >= 15 is 0 Å². The second-order valence-corrected chi connectivity index (χ2v) is 16.9. The number of alkyl halides is 3. The van der Waals surface area contributed by atoms with Gasteiger partial charge >= 0.3 is 6.18 Å². The number of benzene rings is 2. The third-order valence-electron chi connectivity index (χ3n) is 12.9. The zero-order chi connectivity index (χ0) is 44.2. The molecule has 0 aliphatic carbocycles. The Kier molecular flexibility index (Phi) is 10.9. The van der Waals surface area contributed by atoms with E-state index in [9.17, 15) is 41.9 Å². The van der Waals surface area contributed by atoms with Crippen LogP contribution < -0.4 is 20.3 Å². The Labute approximate surface area is 359 Å². The highest BCUT2D eigenvalue weighted by atomic mass is 19.4. The van der Waals surface area contributed by atoms with Crippen molar-refractivity contribution in [3.8, 4) is 5.75 Å². The van der Waals surface area contributed by atoms with E-state index in [0.29, 0.717) is 67.2 Å². The first-order valence-electron chi connectivity index (χ1n) is 20.9. The summed E-state index contributed by atoms with van der Waals surface area (Å²) in [4.78, 5) is 90.5. The van der Waals surface area contributed by atoms with Gasteiger partial charge in [0.05, 0.1) is 48.2 Å². The molecule has 20 heteroatoms. The van der Waals surface area contributed by atoms with Crippen molar-refractivity contribution in [3.05, 3.63) is 77.2 Å². The van der Waals surface area contributed by atoms with Crippen LogP contribution in [-0.2, 0) is 27.1 Å². The first-order valence-corrected chi connectivity index (χ1v) is 20.9. The topological polar surface area (TPSA) is 183 Å². The number of likely N-dealkylation sites (tertiary alicyclic amines) is 1. The van der Waals surface area contributed by atoms with Crippen LogP contribution in [-0.4, -0.2) is 148 Å². The Morgan fingerprint density at radius 1 is 0.921 bits per heavy atom. The Bertz CT molecular complexity index is 2520. The summed E-state index contributed by atoms with van der Waals surface area (Å²) < 4.78 is 46.7. The number of carbonyl (C=O) groups is 6. The number of halogens is 3. The highest BCUT2D eigenvalue weighted by Crippen LogP contribution is 2.45. The van der Waals surface area contributed by atoms with E-state index in [1.165, 1.54) is 13.2 Å². The number of anilines is 2. The van der Waals surface area contributed by atoms with Crippen LogP contribution in [0.4, 0.5) is 24.5 Å². The number of amides is 6. The normalized spacial score (nSPS) is 20.6. The molecule has 0 bridgehead atoms. The van der Waals surface area contributed by atoms with Crippen LogP contribution in [0, 0.1) is 5.41 Å². The summed E-state index contributed by atoms with van der Waals surface area (Å²) in [6, 6.07) is 10.6. The maximum absolute atomic E-state index is 13.6. The van der Waals surface area contributed by atoms with Crippen molar-refractivity contribution in [3.63, 3.8) is 0 Å². The van der Waals surface area contributed by atoms with Crippen LogP contribution in [0.3, 0.4) is 0 Å². The summed E-state index contributed by atoms with van der Waals surface area (Å²) in [5, 5.41) is 10.2. The molecule has 0 radical (unpaired) electrons. The van der Waals surface area contributed by atoms with Gasteiger partial charge in [0.2, 0.25) is 17.7 Å². The van der Waals surface area contributed by atoms with Gasteiger partial charge in [0.1, 0.15) is 23.2 Å². The van der Waals surface area contributed by atoms with Crippen LogP contribution in [0.15, 0.2) is 54.7 Å². The van der Waals surface area contributed by atoms with Crippen molar-refractivity contribution >= 4 is 57.7 Å². The molecule has 17 nitrogen and oxygen atoms in total. The number of nitrogens with zero attached hydrogens (tertiary/aromatic N) is 8. The average molecular weight is 871 g/mol. The number of carbonyl (C=O) groups excluding carboxylic acids is 6. The summed E-state index contributed by atoms with van der Waals surface area (Å²) >= 11 is 0. The van der Waals surface area contributed by atoms with Crippen molar-refractivity contribution in [2.75, 3.05) is 82.8 Å². The summed E-state index contributed by atoms with van der Waals surface area (Å²) in [6.45, 7) is 7.37. The molecule has 9 rings (SSSR count). The quantitative estimate of drug-likeness (QED) is 0.223. The van der Waals surface area contributed by atoms with Gasteiger partial charge in [-0.05, 0) is 49.6 Å². The summed E-state index contributed by atoms with van der Waals surface area (Å²) in [6.07, 6.45) is -1.04. The first kappa shape index (κ1) is 41.9. The summed E-state index contributed by atoms with van der Waals surface area (Å²) in [7, 11) is 1.42. The minimum Gasteiger partial charge on any atom is -0.494 e. The van der Waals surface area contributed by atoms with Gasteiger partial charge in [-0.3, -0.25) is 53.5 Å². The fourth-order valence-electron chi connectivity index (χ4n) is 9.34. The standard InChI is InChI=1S/C43H45F3N10O7/c1-63-33-21-29-26(20-30(33)48-38(59)28-5-3-7-34(47-28)43(44,45)46)22-55(50-29)19-18-51-14-16-52(17-15-51)23-36(58)53-12-10-42(11-13-53)24-54(25-42)31-6-2-4-27-37(31)41(62)56(40(27)61)32-8-9-35(57)49-39(32)60/h2-7,20-22,32H,8-19,23-25H2,1H3,(H,48,59)(H,49,57,60). The van der Waals surface area contributed by atoms with Gasteiger partial charge in [0.15, 0.2) is 0 Å². The van der Waals surface area contributed by atoms with Crippen molar-refractivity contribution < 1.29 is 46.7 Å². The number of hydrogen-bond donors (Lipinski definition) is 2.